The van der Waals surface area contributed by atoms with Crippen molar-refractivity contribution in [1.29, 1.82) is 0 Å². The molecule has 1 fully saturated rings. The van der Waals surface area contributed by atoms with E-state index >= 15 is 0 Å². The van der Waals surface area contributed by atoms with Crippen LogP contribution in [0.1, 0.15) is 12.8 Å². The third-order valence-corrected chi connectivity index (χ3v) is 3.80. The van der Waals surface area contributed by atoms with Crippen molar-refractivity contribution in [2.75, 3.05) is 6.54 Å². The summed E-state index contributed by atoms with van der Waals surface area (Å²) in [5.41, 5.74) is 0. The van der Waals surface area contributed by atoms with Crippen LogP contribution < -0.4 is 5.32 Å². The first-order chi connectivity index (χ1) is 6.34. The third kappa shape index (κ3) is 2.73. The van der Waals surface area contributed by atoms with Gasteiger partial charge in [-0.25, -0.2) is 0 Å². The lowest BCUT2D eigenvalue weighted by Gasteiger charge is -2.09. The van der Waals surface area contributed by atoms with Crippen LogP contribution in [-0.4, -0.2) is 11.9 Å². The molecule has 0 aromatic heterocycles. The Balaban J connectivity index is 2.00. The fraction of sp³-hybridized carbons (Fsp3) is 0.400. The van der Waals surface area contributed by atoms with Crippen LogP contribution in [0.5, 0.6) is 0 Å². The quantitative estimate of drug-likeness (QED) is 0.873. The summed E-state index contributed by atoms with van der Waals surface area (Å²) in [5.74, 6) is 0. The lowest BCUT2D eigenvalue weighted by molar-refractivity contribution is 0.806. The Labute approximate surface area is 91.4 Å². The molecule has 1 aromatic carbocycles. The molecule has 1 heterocycles. The van der Waals surface area contributed by atoms with Crippen LogP contribution >= 0.6 is 27.7 Å². The van der Waals surface area contributed by atoms with Gasteiger partial charge in [0.2, 0.25) is 0 Å². The molecule has 1 aromatic rings. The van der Waals surface area contributed by atoms with Gasteiger partial charge in [0.15, 0.2) is 0 Å². The SMILES string of the molecule is Brc1cccc(SC2CCCN2)c1. The first-order valence-electron chi connectivity index (χ1n) is 4.50. The number of nitrogens with one attached hydrogen (secondary N) is 1. The molecule has 1 saturated heterocycles. The van der Waals surface area contributed by atoms with Crippen molar-refractivity contribution in [3.05, 3.63) is 28.7 Å². The molecule has 2 rings (SSSR count). The Kier molecular flexibility index (Phi) is 3.30. The van der Waals surface area contributed by atoms with E-state index in [2.05, 4.69) is 45.5 Å². The molecule has 1 aliphatic rings. The summed E-state index contributed by atoms with van der Waals surface area (Å²) in [6, 6.07) is 8.48. The van der Waals surface area contributed by atoms with Crippen LogP contribution in [0.3, 0.4) is 0 Å². The fourth-order valence-electron chi connectivity index (χ4n) is 1.46. The number of halogens is 1. The van der Waals surface area contributed by atoms with Gasteiger partial charge in [-0.3, -0.25) is 0 Å². The maximum Gasteiger partial charge on any atom is 0.0580 e. The van der Waals surface area contributed by atoms with Crippen molar-refractivity contribution in [2.24, 2.45) is 0 Å². The predicted molar refractivity (Wildman–Crippen MR) is 61.0 cm³/mol. The molecular weight excluding hydrogens is 246 g/mol. The molecule has 0 radical (unpaired) electrons. The molecule has 1 aliphatic heterocycles. The van der Waals surface area contributed by atoms with E-state index in [0.29, 0.717) is 5.37 Å². The van der Waals surface area contributed by atoms with Crippen molar-refractivity contribution in [2.45, 2.75) is 23.1 Å². The maximum absolute atomic E-state index is 3.48. The summed E-state index contributed by atoms with van der Waals surface area (Å²) in [6.07, 6.45) is 2.60. The minimum atomic E-state index is 0.620. The molecule has 1 N–H and O–H groups in total. The zero-order valence-corrected chi connectivity index (χ0v) is 9.70. The molecule has 0 bridgehead atoms. The molecule has 70 valence electrons. The Morgan fingerprint density at radius 2 is 2.38 bits per heavy atom. The van der Waals surface area contributed by atoms with Gasteiger partial charge >= 0.3 is 0 Å². The molecule has 0 aliphatic carbocycles. The fourth-order valence-corrected chi connectivity index (χ4v) is 3.17. The standard InChI is InChI=1S/C10H12BrNS/c11-8-3-1-4-9(7-8)13-10-5-2-6-12-10/h1,3-4,7,10,12H,2,5-6H2. The zero-order valence-electron chi connectivity index (χ0n) is 7.29. The van der Waals surface area contributed by atoms with Gasteiger partial charge in [0.05, 0.1) is 5.37 Å². The van der Waals surface area contributed by atoms with Gasteiger partial charge in [0, 0.05) is 9.37 Å². The molecule has 3 heteroatoms. The Morgan fingerprint density at radius 3 is 3.08 bits per heavy atom. The number of thioether (sulfide) groups is 1. The molecule has 1 unspecified atom stereocenters. The van der Waals surface area contributed by atoms with Crippen LogP contribution in [0.25, 0.3) is 0 Å². The number of hydrogen-bond acceptors (Lipinski definition) is 2. The highest BCUT2D eigenvalue weighted by Crippen LogP contribution is 2.28. The zero-order chi connectivity index (χ0) is 9.10. The van der Waals surface area contributed by atoms with Gasteiger partial charge in [-0.05, 0) is 37.6 Å². The van der Waals surface area contributed by atoms with Gasteiger partial charge in [-0.2, -0.15) is 0 Å². The minimum Gasteiger partial charge on any atom is -0.305 e. The van der Waals surface area contributed by atoms with Gasteiger partial charge in [-0.1, -0.05) is 22.0 Å². The lowest BCUT2D eigenvalue weighted by atomic mass is 10.4. The molecule has 1 atom stereocenters. The molecule has 13 heavy (non-hydrogen) atoms. The van der Waals surface area contributed by atoms with E-state index in [1.807, 2.05) is 11.8 Å². The third-order valence-electron chi connectivity index (χ3n) is 2.09. The summed E-state index contributed by atoms with van der Waals surface area (Å²) < 4.78 is 1.16. The smallest absolute Gasteiger partial charge is 0.0580 e. The average Bonchev–Trinajstić information content (AvgIpc) is 2.57. The van der Waals surface area contributed by atoms with Crippen molar-refractivity contribution < 1.29 is 0 Å². The van der Waals surface area contributed by atoms with Crippen molar-refractivity contribution >= 4 is 27.7 Å². The maximum atomic E-state index is 3.48. The molecule has 0 amide bonds. The second-order valence-electron chi connectivity index (χ2n) is 3.16. The second-order valence-corrected chi connectivity index (χ2v) is 5.35. The highest BCUT2D eigenvalue weighted by Gasteiger charge is 2.14. The Hall–Kier alpha value is 0.01000. The van der Waals surface area contributed by atoms with E-state index in [1.165, 1.54) is 24.3 Å². The van der Waals surface area contributed by atoms with Crippen molar-refractivity contribution in [3.8, 4) is 0 Å². The van der Waals surface area contributed by atoms with E-state index in [0.717, 1.165) is 4.47 Å². The lowest BCUT2D eigenvalue weighted by Crippen LogP contribution is -2.16. The van der Waals surface area contributed by atoms with Crippen molar-refractivity contribution in [1.82, 2.24) is 5.32 Å². The van der Waals surface area contributed by atoms with Crippen LogP contribution in [0, 0.1) is 0 Å². The van der Waals surface area contributed by atoms with Gasteiger partial charge in [0.25, 0.3) is 0 Å². The van der Waals surface area contributed by atoms with E-state index in [1.54, 1.807) is 0 Å². The van der Waals surface area contributed by atoms with Gasteiger partial charge < -0.3 is 5.32 Å². The number of hydrogen-bond donors (Lipinski definition) is 1. The first kappa shape index (κ1) is 9.56. The summed E-state index contributed by atoms with van der Waals surface area (Å²) in [6.45, 7) is 1.17. The minimum absolute atomic E-state index is 0.620. The predicted octanol–water partition coefficient (Wildman–Crippen LogP) is 3.25. The molecule has 1 nitrogen and oxygen atoms in total. The van der Waals surface area contributed by atoms with E-state index in [4.69, 9.17) is 0 Å². The largest absolute Gasteiger partial charge is 0.305 e. The van der Waals surface area contributed by atoms with Gasteiger partial charge in [-0.15, -0.1) is 11.8 Å². The average molecular weight is 258 g/mol. The molecule has 0 spiro atoms. The highest BCUT2D eigenvalue weighted by atomic mass is 79.9. The van der Waals surface area contributed by atoms with Crippen LogP contribution in [0.2, 0.25) is 0 Å². The summed E-state index contributed by atoms with van der Waals surface area (Å²) in [5, 5.41) is 4.09. The number of rotatable bonds is 2. The monoisotopic (exact) mass is 257 g/mol. The Bertz CT molecular complexity index is 284. The van der Waals surface area contributed by atoms with E-state index < -0.39 is 0 Å². The van der Waals surface area contributed by atoms with Crippen LogP contribution in [0.15, 0.2) is 33.6 Å². The highest BCUT2D eigenvalue weighted by molar-refractivity contribution is 9.10. The first-order valence-corrected chi connectivity index (χ1v) is 6.17. The summed E-state index contributed by atoms with van der Waals surface area (Å²) in [7, 11) is 0. The topological polar surface area (TPSA) is 12.0 Å². The molecule has 0 saturated carbocycles. The normalized spacial score (nSPS) is 22.1. The van der Waals surface area contributed by atoms with Crippen LogP contribution in [0.4, 0.5) is 0 Å². The van der Waals surface area contributed by atoms with Crippen LogP contribution in [-0.2, 0) is 0 Å². The number of benzene rings is 1. The van der Waals surface area contributed by atoms with Gasteiger partial charge in [0.1, 0.15) is 0 Å². The van der Waals surface area contributed by atoms with E-state index in [9.17, 15) is 0 Å². The van der Waals surface area contributed by atoms with Crippen molar-refractivity contribution in [3.63, 3.8) is 0 Å². The Morgan fingerprint density at radius 1 is 1.46 bits per heavy atom. The summed E-state index contributed by atoms with van der Waals surface area (Å²) >= 11 is 5.40. The summed E-state index contributed by atoms with van der Waals surface area (Å²) in [4.78, 5) is 1.34. The molecular formula is C10H12BrNS. The second kappa shape index (κ2) is 4.49. The van der Waals surface area contributed by atoms with E-state index in [-0.39, 0.29) is 0 Å².